The molecule has 1 N–H and O–H groups in total. The van der Waals surface area contributed by atoms with Crippen LogP contribution in [0.25, 0.3) is 0 Å². The number of aliphatic hydroxyl groups excluding tert-OH is 1. The molecule has 2 aromatic rings. The van der Waals surface area contributed by atoms with Crippen molar-refractivity contribution >= 4 is 46.8 Å². The summed E-state index contributed by atoms with van der Waals surface area (Å²) in [4.78, 5) is 48.2. The number of hydrogen-bond acceptors (Lipinski definition) is 5. The highest BCUT2D eigenvalue weighted by molar-refractivity contribution is 8.02. The standard InChI is InChI=1S/C32H36ClN3O4S/c1-5-16-34(4)29(38)26-25-18-20(3)32(41-25)27(26)30(39)36(24(19-37)21-12-8-7-9-13-21)28(32)31(40)35(17-6-2)23-15-11-10-14-22(23)33/h5-15,20,24-28,37H,1-2,16-19H2,3-4H3/t20?,24-,25+,26-,27+,28?,32?/m1/s1. The molecule has 2 bridgehead atoms. The zero-order chi connectivity index (χ0) is 29.5. The summed E-state index contributed by atoms with van der Waals surface area (Å²) in [5, 5.41) is 11.1. The van der Waals surface area contributed by atoms with Crippen LogP contribution < -0.4 is 4.90 Å². The minimum atomic E-state index is -0.930. The minimum Gasteiger partial charge on any atom is -0.394 e. The first-order valence-corrected chi connectivity index (χ1v) is 15.2. The number of carbonyl (C=O) groups is 3. The average Bonchev–Trinajstić information content (AvgIpc) is 3.56. The van der Waals surface area contributed by atoms with E-state index in [0.29, 0.717) is 23.7 Å². The van der Waals surface area contributed by atoms with Gasteiger partial charge in [-0.3, -0.25) is 14.4 Å². The van der Waals surface area contributed by atoms with E-state index in [1.807, 2.05) is 36.4 Å². The van der Waals surface area contributed by atoms with Crippen LogP contribution in [0.4, 0.5) is 5.69 Å². The maximum atomic E-state index is 14.9. The Morgan fingerprint density at radius 3 is 2.41 bits per heavy atom. The van der Waals surface area contributed by atoms with Gasteiger partial charge in [0.25, 0.3) is 5.91 Å². The predicted octanol–water partition coefficient (Wildman–Crippen LogP) is 4.57. The molecule has 3 fully saturated rings. The van der Waals surface area contributed by atoms with Crippen LogP contribution in [0.3, 0.4) is 0 Å². The molecule has 3 amide bonds. The maximum absolute atomic E-state index is 14.9. The first kappa shape index (κ1) is 29.4. The average molecular weight is 594 g/mol. The Hall–Kier alpha value is -3.07. The third-order valence-corrected chi connectivity index (χ3v) is 11.3. The van der Waals surface area contributed by atoms with E-state index in [1.54, 1.807) is 63.9 Å². The van der Waals surface area contributed by atoms with Crippen LogP contribution in [-0.4, -0.2) is 75.4 Å². The summed E-state index contributed by atoms with van der Waals surface area (Å²) < 4.78 is -0.850. The number of carbonyl (C=O) groups excluding carboxylic acids is 3. The molecule has 0 saturated carbocycles. The van der Waals surface area contributed by atoms with Crippen LogP contribution in [0.1, 0.15) is 24.9 Å². The monoisotopic (exact) mass is 593 g/mol. The van der Waals surface area contributed by atoms with Crippen LogP contribution >= 0.6 is 23.4 Å². The van der Waals surface area contributed by atoms with Crippen molar-refractivity contribution < 1.29 is 19.5 Å². The zero-order valence-corrected chi connectivity index (χ0v) is 24.9. The Balaban J connectivity index is 1.69. The lowest BCUT2D eigenvalue weighted by molar-refractivity contribution is -0.145. The third kappa shape index (κ3) is 4.60. The second-order valence-corrected chi connectivity index (χ2v) is 13.1. The fraction of sp³-hybridized carbons (Fsp3) is 0.406. The topological polar surface area (TPSA) is 81.2 Å². The van der Waals surface area contributed by atoms with E-state index in [2.05, 4.69) is 20.1 Å². The van der Waals surface area contributed by atoms with Gasteiger partial charge in [-0.15, -0.1) is 24.9 Å². The summed E-state index contributed by atoms with van der Waals surface area (Å²) in [5.41, 5.74) is 1.25. The maximum Gasteiger partial charge on any atom is 0.251 e. The number of thioether (sulfide) groups is 1. The van der Waals surface area contributed by atoms with Crippen LogP contribution in [0.15, 0.2) is 79.9 Å². The van der Waals surface area contributed by atoms with Gasteiger partial charge in [0, 0.05) is 25.4 Å². The van der Waals surface area contributed by atoms with E-state index in [4.69, 9.17) is 11.6 Å². The molecule has 3 aliphatic rings. The minimum absolute atomic E-state index is 0.0221. The van der Waals surface area contributed by atoms with Gasteiger partial charge in [0.05, 0.1) is 39.9 Å². The number of likely N-dealkylation sites (N-methyl/N-ethyl adjacent to an activating group) is 1. The molecule has 0 aromatic heterocycles. The van der Waals surface area contributed by atoms with Crippen molar-refractivity contribution in [3.05, 3.63) is 90.5 Å². The molecule has 9 heteroatoms. The van der Waals surface area contributed by atoms with Crippen molar-refractivity contribution in [2.75, 3.05) is 31.6 Å². The second kappa shape index (κ2) is 11.7. The lowest BCUT2D eigenvalue weighted by atomic mass is 9.65. The highest BCUT2D eigenvalue weighted by Crippen LogP contribution is 2.69. The molecule has 7 atom stereocenters. The van der Waals surface area contributed by atoms with Crippen molar-refractivity contribution in [3.63, 3.8) is 0 Å². The third-order valence-electron chi connectivity index (χ3n) is 8.90. The largest absolute Gasteiger partial charge is 0.394 e. The van der Waals surface area contributed by atoms with Crippen LogP contribution in [0.2, 0.25) is 5.02 Å². The molecule has 216 valence electrons. The van der Waals surface area contributed by atoms with Gasteiger partial charge in [0.2, 0.25) is 11.8 Å². The van der Waals surface area contributed by atoms with Crippen molar-refractivity contribution in [1.29, 1.82) is 0 Å². The Bertz CT molecular complexity index is 1360. The molecule has 1 spiro atoms. The fourth-order valence-corrected chi connectivity index (χ4v) is 9.81. The molecule has 7 nitrogen and oxygen atoms in total. The molecular weight excluding hydrogens is 558 g/mol. The zero-order valence-electron chi connectivity index (χ0n) is 23.4. The van der Waals surface area contributed by atoms with Crippen LogP contribution in [0.5, 0.6) is 0 Å². The number of para-hydroxylation sites is 1. The molecule has 3 aliphatic heterocycles. The molecule has 0 aliphatic carbocycles. The normalized spacial score (nSPS) is 28.7. The molecule has 3 unspecified atom stereocenters. The van der Waals surface area contributed by atoms with Gasteiger partial charge in [-0.25, -0.2) is 0 Å². The molecule has 2 aromatic carbocycles. The summed E-state index contributed by atoms with van der Waals surface area (Å²) in [5.74, 6) is -1.98. The number of benzene rings is 2. The predicted molar refractivity (Wildman–Crippen MR) is 164 cm³/mol. The number of rotatable bonds is 10. The first-order valence-electron chi connectivity index (χ1n) is 13.9. The first-order chi connectivity index (χ1) is 19.7. The Morgan fingerprint density at radius 1 is 1.12 bits per heavy atom. The van der Waals surface area contributed by atoms with E-state index >= 15 is 0 Å². The molecule has 5 rings (SSSR count). The highest BCUT2D eigenvalue weighted by Gasteiger charge is 2.77. The number of anilines is 1. The number of aliphatic hydroxyl groups is 1. The Labute approximate surface area is 250 Å². The lowest BCUT2D eigenvalue weighted by Gasteiger charge is -2.42. The number of likely N-dealkylation sites (tertiary alicyclic amines) is 1. The van der Waals surface area contributed by atoms with E-state index in [0.717, 1.165) is 5.56 Å². The van der Waals surface area contributed by atoms with E-state index in [9.17, 15) is 19.5 Å². The van der Waals surface area contributed by atoms with Crippen molar-refractivity contribution in [2.45, 2.75) is 35.4 Å². The van der Waals surface area contributed by atoms with E-state index in [1.165, 1.54) is 0 Å². The van der Waals surface area contributed by atoms with Crippen molar-refractivity contribution in [1.82, 2.24) is 9.80 Å². The van der Waals surface area contributed by atoms with Gasteiger partial charge in [0.15, 0.2) is 0 Å². The van der Waals surface area contributed by atoms with E-state index in [-0.39, 0.29) is 42.0 Å². The number of hydrogen-bond donors (Lipinski definition) is 1. The molecular formula is C32H36ClN3O4S. The molecule has 41 heavy (non-hydrogen) atoms. The molecule has 3 saturated heterocycles. The summed E-state index contributed by atoms with van der Waals surface area (Å²) in [6, 6.07) is 14.7. The van der Waals surface area contributed by atoms with Gasteiger partial charge in [-0.1, -0.05) is 73.1 Å². The van der Waals surface area contributed by atoms with Gasteiger partial charge in [-0.05, 0) is 30.0 Å². The smallest absolute Gasteiger partial charge is 0.251 e. The summed E-state index contributed by atoms with van der Waals surface area (Å²) >= 11 is 8.20. The quantitative estimate of drug-likeness (QED) is 0.408. The number of halogens is 1. The summed E-state index contributed by atoms with van der Waals surface area (Å²) in [6.07, 6.45) is 4.02. The SMILES string of the molecule is C=CCN(C)C(=O)[C@@H]1[C@@H]2CC(C)C3(S2)C(C(=O)N(CC=C)c2ccccc2Cl)N([C@H](CO)c2ccccc2)C(=O)[C@H]13. The van der Waals surface area contributed by atoms with Gasteiger partial charge >= 0.3 is 0 Å². The van der Waals surface area contributed by atoms with Gasteiger partial charge in [-0.2, -0.15) is 0 Å². The highest BCUT2D eigenvalue weighted by atomic mass is 35.5. The second-order valence-electron chi connectivity index (χ2n) is 11.1. The summed E-state index contributed by atoms with van der Waals surface area (Å²) in [7, 11) is 1.72. The Morgan fingerprint density at radius 2 is 1.78 bits per heavy atom. The number of nitrogens with zero attached hydrogens (tertiary/aromatic N) is 3. The van der Waals surface area contributed by atoms with Crippen LogP contribution in [0, 0.1) is 17.8 Å². The molecule has 0 radical (unpaired) electrons. The summed E-state index contributed by atoms with van der Waals surface area (Å²) in [6.45, 7) is 9.90. The van der Waals surface area contributed by atoms with Crippen molar-refractivity contribution in [2.24, 2.45) is 17.8 Å². The van der Waals surface area contributed by atoms with Gasteiger partial charge < -0.3 is 19.8 Å². The number of amides is 3. The lowest BCUT2D eigenvalue weighted by Crippen LogP contribution is -2.58. The van der Waals surface area contributed by atoms with E-state index < -0.39 is 28.7 Å². The Kier molecular flexibility index (Phi) is 8.37. The number of fused-ring (bicyclic) bond motifs is 1. The van der Waals surface area contributed by atoms with Crippen LogP contribution in [-0.2, 0) is 14.4 Å². The fourth-order valence-electron chi connectivity index (χ4n) is 7.18. The van der Waals surface area contributed by atoms with Gasteiger partial charge in [0.1, 0.15) is 6.04 Å². The molecule has 3 heterocycles. The van der Waals surface area contributed by atoms with Crippen molar-refractivity contribution in [3.8, 4) is 0 Å².